The van der Waals surface area contributed by atoms with Gasteiger partial charge in [0.15, 0.2) is 6.10 Å². The van der Waals surface area contributed by atoms with Gasteiger partial charge in [0.25, 0.3) is 5.91 Å². The summed E-state index contributed by atoms with van der Waals surface area (Å²) >= 11 is 3.26. The molecule has 2 atom stereocenters. The fourth-order valence-electron chi connectivity index (χ4n) is 3.50. The van der Waals surface area contributed by atoms with E-state index in [1.165, 1.54) is 18.2 Å². The van der Waals surface area contributed by atoms with Crippen molar-refractivity contribution in [1.29, 1.82) is 0 Å². The minimum absolute atomic E-state index is 0.171. The number of hydrogen-bond acceptors (Lipinski definition) is 4. The summed E-state index contributed by atoms with van der Waals surface area (Å²) in [7, 11) is 0. The highest BCUT2D eigenvalue weighted by Gasteiger charge is 2.28. The first kappa shape index (κ1) is 22.1. The molecule has 0 radical (unpaired) electrons. The third kappa shape index (κ3) is 6.43. The molecule has 152 valence electrons. The van der Waals surface area contributed by atoms with Gasteiger partial charge in [0, 0.05) is 25.7 Å². The fraction of sp³-hybridized carbons (Fsp3) is 0.650. The van der Waals surface area contributed by atoms with Crippen LogP contribution in [0, 0.1) is 11.7 Å². The minimum atomic E-state index is -0.668. The number of rotatable bonds is 9. The molecule has 0 saturated carbocycles. The molecule has 0 aliphatic carbocycles. The molecule has 2 rings (SSSR count). The van der Waals surface area contributed by atoms with Crippen molar-refractivity contribution in [2.45, 2.75) is 45.8 Å². The van der Waals surface area contributed by atoms with Crippen LogP contribution < -0.4 is 10.1 Å². The first-order valence-corrected chi connectivity index (χ1v) is 10.5. The van der Waals surface area contributed by atoms with E-state index in [1.807, 2.05) is 0 Å². The standard InChI is InChI=1S/C20H30BrFN2O3/c1-4-15(5-2)18(24-8-10-26-11-9-24)13-23-20(25)14(3)27-19-7-6-16(22)12-17(19)21/h6-7,12,14-15,18H,4-5,8-11,13H2,1-3H3,(H,23,25). The first-order valence-electron chi connectivity index (χ1n) is 9.67. The molecule has 0 bridgehead atoms. The quantitative estimate of drug-likeness (QED) is 0.631. The molecular weight excluding hydrogens is 415 g/mol. The number of ether oxygens (including phenoxy) is 2. The molecule has 27 heavy (non-hydrogen) atoms. The van der Waals surface area contributed by atoms with Gasteiger partial charge < -0.3 is 14.8 Å². The summed E-state index contributed by atoms with van der Waals surface area (Å²) in [4.78, 5) is 15.0. The maximum absolute atomic E-state index is 13.2. The van der Waals surface area contributed by atoms with Gasteiger partial charge in [0.05, 0.1) is 17.7 Å². The lowest BCUT2D eigenvalue weighted by molar-refractivity contribution is -0.127. The molecule has 5 nitrogen and oxygen atoms in total. The van der Waals surface area contributed by atoms with Gasteiger partial charge >= 0.3 is 0 Å². The van der Waals surface area contributed by atoms with E-state index >= 15 is 0 Å². The van der Waals surface area contributed by atoms with Gasteiger partial charge in [0.1, 0.15) is 11.6 Å². The summed E-state index contributed by atoms with van der Waals surface area (Å²) in [6.45, 7) is 9.95. The number of carbonyl (C=O) groups is 1. The summed E-state index contributed by atoms with van der Waals surface area (Å²) in [5.74, 6) is 0.440. The number of nitrogens with one attached hydrogen (secondary N) is 1. The molecule has 0 spiro atoms. The summed E-state index contributed by atoms with van der Waals surface area (Å²) in [6, 6.07) is 4.44. The van der Waals surface area contributed by atoms with Gasteiger partial charge in [-0.1, -0.05) is 26.7 Å². The smallest absolute Gasteiger partial charge is 0.260 e. The molecule has 1 fully saturated rings. The van der Waals surface area contributed by atoms with Crippen LogP contribution in [0.15, 0.2) is 22.7 Å². The average molecular weight is 445 g/mol. The van der Waals surface area contributed by atoms with Gasteiger partial charge in [-0.15, -0.1) is 0 Å². The van der Waals surface area contributed by atoms with Crippen LogP contribution in [-0.4, -0.2) is 55.8 Å². The van der Waals surface area contributed by atoms with Gasteiger partial charge in [-0.05, 0) is 47.0 Å². The van der Waals surface area contributed by atoms with Crippen molar-refractivity contribution in [2.24, 2.45) is 5.92 Å². The predicted molar refractivity (Wildman–Crippen MR) is 107 cm³/mol. The van der Waals surface area contributed by atoms with Crippen molar-refractivity contribution < 1.29 is 18.7 Å². The second-order valence-corrected chi connectivity index (χ2v) is 7.73. The SMILES string of the molecule is CCC(CC)C(CNC(=O)C(C)Oc1ccc(F)cc1Br)N1CCOCC1. The highest BCUT2D eigenvalue weighted by atomic mass is 79.9. The maximum Gasteiger partial charge on any atom is 0.260 e. The van der Waals surface area contributed by atoms with Gasteiger partial charge in [-0.2, -0.15) is 0 Å². The van der Waals surface area contributed by atoms with Crippen LogP contribution in [0.25, 0.3) is 0 Å². The Morgan fingerprint density at radius 3 is 2.59 bits per heavy atom. The Balaban J connectivity index is 1.94. The van der Waals surface area contributed by atoms with Crippen LogP contribution in [0.1, 0.15) is 33.6 Å². The third-order valence-electron chi connectivity index (χ3n) is 5.16. The zero-order valence-electron chi connectivity index (χ0n) is 16.3. The molecule has 1 amide bonds. The van der Waals surface area contributed by atoms with E-state index in [9.17, 15) is 9.18 Å². The molecule has 1 saturated heterocycles. The molecule has 1 heterocycles. The highest BCUT2D eigenvalue weighted by molar-refractivity contribution is 9.10. The number of morpholine rings is 1. The number of amides is 1. The Morgan fingerprint density at radius 1 is 1.33 bits per heavy atom. The second-order valence-electron chi connectivity index (χ2n) is 6.87. The van der Waals surface area contributed by atoms with Crippen molar-refractivity contribution in [3.05, 3.63) is 28.5 Å². The normalized spacial score (nSPS) is 17.6. The summed E-state index contributed by atoms with van der Waals surface area (Å²) in [6.07, 6.45) is 1.48. The number of benzene rings is 1. The second kappa shape index (κ2) is 11.0. The van der Waals surface area contributed by atoms with Crippen LogP contribution in [0.2, 0.25) is 0 Å². The van der Waals surface area contributed by atoms with E-state index in [1.54, 1.807) is 6.92 Å². The van der Waals surface area contributed by atoms with E-state index in [0.717, 1.165) is 39.1 Å². The Labute approximate surface area is 169 Å². The van der Waals surface area contributed by atoms with Crippen LogP contribution >= 0.6 is 15.9 Å². The van der Waals surface area contributed by atoms with Crippen molar-refractivity contribution >= 4 is 21.8 Å². The first-order chi connectivity index (χ1) is 13.0. The zero-order chi connectivity index (χ0) is 19.8. The lowest BCUT2D eigenvalue weighted by Gasteiger charge is -2.39. The van der Waals surface area contributed by atoms with E-state index in [-0.39, 0.29) is 17.8 Å². The fourth-order valence-corrected chi connectivity index (χ4v) is 3.94. The number of halogens is 2. The molecule has 1 aromatic carbocycles. The minimum Gasteiger partial charge on any atom is -0.480 e. The Bertz CT molecular complexity index is 607. The third-order valence-corrected chi connectivity index (χ3v) is 5.78. The molecule has 2 unspecified atom stereocenters. The molecule has 1 aliphatic rings. The average Bonchev–Trinajstić information content (AvgIpc) is 2.67. The molecule has 0 aromatic heterocycles. The van der Waals surface area contributed by atoms with Crippen molar-refractivity contribution in [3.63, 3.8) is 0 Å². The van der Waals surface area contributed by atoms with E-state index in [0.29, 0.717) is 22.7 Å². The van der Waals surface area contributed by atoms with Crippen LogP contribution in [0.5, 0.6) is 5.75 Å². The number of nitrogens with zero attached hydrogens (tertiary/aromatic N) is 1. The topological polar surface area (TPSA) is 50.8 Å². The summed E-state index contributed by atoms with van der Waals surface area (Å²) in [5, 5.41) is 3.04. The predicted octanol–water partition coefficient (Wildman–Crippen LogP) is 3.61. The van der Waals surface area contributed by atoms with Crippen molar-refractivity contribution in [2.75, 3.05) is 32.8 Å². The highest BCUT2D eigenvalue weighted by Crippen LogP contribution is 2.26. The van der Waals surface area contributed by atoms with Crippen molar-refractivity contribution in [3.8, 4) is 5.75 Å². The lowest BCUT2D eigenvalue weighted by atomic mass is 9.92. The monoisotopic (exact) mass is 444 g/mol. The Kier molecular flexibility index (Phi) is 8.99. The van der Waals surface area contributed by atoms with E-state index in [4.69, 9.17) is 9.47 Å². The van der Waals surface area contributed by atoms with Crippen LogP contribution in [0.4, 0.5) is 4.39 Å². The van der Waals surface area contributed by atoms with Crippen LogP contribution in [0.3, 0.4) is 0 Å². The summed E-state index contributed by atoms with van der Waals surface area (Å²) in [5.41, 5.74) is 0. The van der Waals surface area contributed by atoms with Gasteiger partial charge in [-0.3, -0.25) is 9.69 Å². The van der Waals surface area contributed by atoms with Crippen molar-refractivity contribution in [1.82, 2.24) is 10.2 Å². The number of carbonyl (C=O) groups excluding carboxylic acids is 1. The number of hydrogen-bond donors (Lipinski definition) is 1. The van der Waals surface area contributed by atoms with Gasteiger partial charge in [0.2, 0.25) is 0 Å². The van der Waals surface area contributed by atoms with E-state index < -0.39 is 6.10 Å². The molecule has 1 aliphatic heterocycles. The summed E-state index contributed by atoms with van der Waals surface area (Å²) < 4.78 is 24.8. The zero-order valence-corrected chi connectivity index (χ0v) is 17.9. The lowest BCUT2D eigenvalue weighted by Crippen LogP contribution is -2.53. The molecule has 1 N–H and O–H groups in total. The molecule has 7 heteroatoms. The van der Waals surface area contributed by atoms with Crippen LogP contribution in [-0.2, 0) is 9.53 Å². The van der Waals surface area contributed by atoms with Gasteiger partial charge in [-0.25, -0.2) is 4.39 Å². The molecule has 1 aromatic rings. The van der Waals surface area contributed by atoms with E-state index in [2.05, 4.69) is 40.0 Å². The molecular formula is C20H30BrFN2O3. The Hall–Kier alpha value is -1.18. The maximum atomic E-state index is 13.2. The Morgan fingerprint density at radius 2 is 2.00 bits per heavy atom. The largest absolute Gasteiger partial charge is 0.480 e.